The number of carbonyl (C=O) groups excluding carboxylic acids is 1. The van der Waals surface area contributed by atoms with Gasteiger partial charge in [0.05, 0.1) is 0 Å². The van der Waals surface area contributed by atoms with E-state index >= 15 is 0 Å². The molecule has 126 valence electrons. The minimum absolute atomic E-state index is 0.00959. The van der Waals surface area contributed by atoms with Gasteiger partial charge >= 0.3 is 0 Å². The van der Waals surface area contributed by atoms with Gasteiger partial charge in [-0.05, 0) is 31.0 Å². The summed E-state index contributed by atoms with van der Waals surface area (Å²) in [6, 6.07) is 6.01. The van der Waals surface area contributed by atoms with Crippen molar-refractivity contribution in [2.24, 2.45) is 5.92 Å². The van der Waals surface area contributed by atoms with Crippen LogP contribution in [0.25, 0.3) is 0 Å². The molecule has 0 radical (unpaired) electrons. The number of aliphatic hydroxyl groups is 1. The van der Waals surface area contributed by atoms with Crippen LogP contribution in [0.15, 0.2) is 24.3 Å². The van der Waals surface area contributed by atoms with E-state index in [2.05, 4.69) is 10.2 Å². The zero-order valence-electron chi connectivity index (χ0n) is 13.1. The molecule has 2 saturated heterocycles. The molecule has 1 aromatic rings. The van der Waals surface area contributed by atoms with Crippen molar-refractivity contribution in [1.29, 1.82) is 0 Å². The highest BCUT2D eigenvalue weighted by Crippen LogP contribution is 2.24. The second-order valence-corrected chi connectivity index (χ2v) is 6.33. The normalized spacial score (nSPS) is 26.3. The van der Waals surface area contributed by atoms with Gasteiger partial charge in [-0.3, -0.25) is 9.69 Å². The van der Waals surface area contributed by atoms with Crippen molar-refractivity contribution in [1.82, 2.24) is 10.2 Å². The molecule has 2 heterocycles. The van der Waals surface area contributed by atoms with E-state index in [1.807, 2.05) is 0 Å². The molecule has 5 nitrogen and oxygen atoms in total. The molecule has 0 bridgehead atoms. The predicted molar refractivity (Wildman–Crippen MR) is 83.6 cm³/mol. The van der Waals surface area contributed by atoms with Crippen molar-refractivity contribution in [2.75, 3.05) is 32.9 Å². The molecule has 2 N–H and O–H groups in total. The van der Waals surface area contributed by atoms with Gasteiger partial charge in [-0.1, -0.05) is 6.07 Å². The van der Waals surface area contributed by atoms with Crippen molar-refractivity contribution in [3.63, 3.8) is 0 Å². The lowest BCUT2D eigenvalue weighted by Crippen LogP contribution is -2.43. The molecular formula is C17H23FN2O3. The van der Waals surface area contributed by atoms with E-state index in [-0.39, 0.29) is 24.5 Å². The quantitative estimate of drug-likeness (QED) is 0.869. The summed E-state index contributed by atoms with van der Waals surface area (Å²) in [7, 11) is 0. The third-order valence-electron chi connectivity index (χ3n) is 4.81. The van der Waals surface area contributed by atoms with Crippen molar-refractivity contribution in [2.45, 2.75) is 24.9 Å². The van der Waals surface area contributed by atoms with Crippen LogP contribution in [0, 0.1) is 11.7 Å². The van der Waals surface area contributed by atoms with E-state index in [0.29, 0.717) is 11.6 Å². The largest absolute Gasteiger partial charge is 0.396 e. The average molecular weight is 322 g/mol. The first-order chi connectivity index (χ1) is 11.2. The topological polar surface area (TPSA) is 61.8 Å². The summed E-state index contributed by atoms with van der Waals surface area (Å²) in [5, 5.41) is 12.6. The number of benzene rings is 1. The number of ether oxygens (including phenoxy) is 1. The number of likely N-dealkylation sites (tertiary alicyclic amines) is 1. The summed E-state index contributed by atoms with van der Waals surface area (Å²) in [6.45, 7) is 3.07. The highest BCUT2D eigenvalue weighted by molar-refractivity contribution is 5.94. The molecule has 0 unspecified atom stereocenters. The number of halogens is 1. The second kappa shape index (κ2) is 7.38. The lowest BCUT2D eigenvalue weighted by atomic mass is 10.0. The van der Waals surface area contributed by atoms with Crippen molar-refractivity contribution in [3.8, 4) is 0 Å². The predicted octanol–water partition coefficient (Wildman–Crippen LogP) is 1.03. The Balaban J connectivity index is 1.63. The molecule has 3 rings (SSSR count). The van der Waals surface area contributed by atoms with Crippen LogP contribution in [0.5, 0.6) is 0 Å². The Labute approximate surface area is 135 Å². The number of aliphatic hydroxyl groups excluding tert-OH is 1. The molecule has 0 saturated carbocycles. The van der Waals surface area contributed by atoms with Gasteiger partial charge in [0, 0.05) is 56.5 Å². The van der Waals surface area contributed by atoms with Crippen LogP contribution in [-0.2, 0) is 4.74 Å². The molecule has 2 fully saturated rings. The number of carbonyl (C=O) groups is 1. The lowest BCUT2D eigenvalue weighted by molar-refractivity contribution is 0.0399. The van der Waals surface area contributed by atoms with Crippen molar-refractivity contribution in [3.05, 3.63) is 35.6 Å². The third kappa shape index (κ3) is 3.88. The van der Waals surface area contributed by atoms with Crippen LogP contribution >= 0.6 is 0 Å². The Morgan fingerprint density at radius 2 is 2.13 bits per heavy atom. The summed E-state index contributed by atoms with van der Waals surface area (Å²) in [5.41, 5.74) is 0.311. The molecule has 6 heteroatoms. The van der Waals surface area contributed by atoms with Gasteiger partial charge in [0.1, 0.15) is 5.82 Å². The SMILES string of the molecule is O=C(N[C@@H]1CN(C2CCOCC2)C[C@H]1CO)c1cccc(F)c1. The van der Waals surface area contributed by atoms with Crippen molar-refractivity contribution < 1.29 is 19.0 Å². The Hall–Kier alpha value is -1.50. The van der Waals surface area contributed by atoms with Gasteiger partial charge < -0.3 is 15.2 Å². The molecule has 1 aromatic carbocycles. The lowest BCUT2D eigenvalue weighted by Gasteiger charge is -2.31. The third-order valence-corrected chi connectivity index (χ3v) is 4.81. The first-order valence-electron chi connectivity index (χ1n) is 8.16. The summed E-state index contributed by atoms with van der Waals surface area (Å²) in [6.07, 6.45) is 1.98. The number of hydrogen-bond donors (Lipinski definition) is 2. The maximum atomic E-state index is 13.2. The fourth-order valence-electron chi connectivity index (χ4n) is 3.48. The minimum atomic E-state index is -0.424. The van der Waals surface area contributed by atoms with E-state index in [9.17, 15) is 14.3 Å². The van der Waals surface area contributed by atoms with E-state index in [1.165, 1.54) is 18.2 Å². The first kappa shape index (κ1) is 16.4. The van der Waals surface area contributed by atoms with E-state index in [4.69, 9.17) is 4.74 Å². The standard InChI is InChI=1S/C17H23FN2O3/c18-14-3-1-2-12(8-14)17(22)19-16-10-20(9-13(16)11-21)15-4-6-23-7-5-15/h1-3,8,13,15-16,21H,4-7,9-11H2,(H,19,22)/t13-,16+/m0/s1. The highest BCUT2D eigenvalue weighted by Gasteiger charge is 2.37. The zero-order valence-corrected chi connectivity index (χ0v) is 13.1. The van der Waals surface area contributed by atoms with E-state index in [1.54, 1.807) is 6.07 Å². The number of amides is 1. The second-order valence-electron chi connectivity index (χ2n) is 6.33. The van der Waals surface area contributed by atoms with Crippen LogP contribution < -0.4 is 5.32 Å². The van der Waals surface area contributed by atoms with E-state index < -0.39 is 5.82 Å². The van der Waals surface area contributed by atoms with Gasteiger partial charge in [-0.15, -0.1) is 0 Å². The maximum absolute atomic E-state index is 13.2. The van der Waals surface area contributed by atoms with Gasteiger partial charge in [-0.25, -0.2) is 4.39 Å². The van der Waals surface area contributed by atoms with Gasteiger partial charge in [-0.2, -0.15) is 0 Å². The summed E-state index contributed by atoms with van der Waals surface area (Å²) in [4.78, 5) is 14.6. The van der Waals surface area contributed by atoms with Gasteiger partial charge in [0.2, 0.25) is 0 Å². The molecule has 1 amide bonds. The smallest absolute Gasteiger partial charge is 0.251 e. The number of nitrogens with one attached hydrogen (secondary N) is 1. The molecule has 0 aliphatic carbocycles. The maximum Gasteiger partial charge on any atom is 0.251 e. The van der Waals surface area contributed by atoms with Crippen LogP contribution in [0.3, 0.4) is 0 Å². The van der Waals surface area contributed by atoms with Crippen molar-refractivity contribution >= 4 is 5.91 Å². The van der Waals surface area contributed by atoms with E-state index in [0.717, 1.165) is 39.1 Å². The Kier molecular flexibility index (Phi) is 5.25. The number of rotatable bonds is 4. The summed E-state index contributed by atoms with van der Waals surface area (Å²) < 4.78 is 18.6. The Morgan fingerprint density at radius 3 is 2.83 bits per heavy atom. The minimum Gasteiger partial charge on any atom is -0.396 e. The van der Waals surface area contributed by atoms with Crippen LogP contribution in [-0.4, -0.2) is 60.9 Å². The van der Waals surface area contributed by atoms with Gasteiger partial charge in [0.15, 0.2) is 0 Å². The molecule has 23 heavy (non-hydrogen) atoms. The molecule has 0 spiro atoms. The molecule has 2 aliphatic rings. The number of nitrogens with zero attached hydrogens (tertiary/aromatic N) is 1. The zero-order chi connectivity index (χ0) is 16.2. The molecule has 2 aliphatic heterocycles. The van der Waals surface area contributed by atoms with Crippen LogP contribution in [0.4, 0.5) is 4.39 Å². The Morgan fingerprint density at radius 1 is 1.35 bits per heavy atom. The molecular weight excluding hydrogens is 299 g/mol. The highest BCUT2D eigenvalue weighted by atomic mass is 19.1. The average Bonchev–Trinajstić information content (AvgIpc) is 2.98. The summed E-state index contributed by atoms with van der Waals surface area (Å²) >= 11 is 0. The number of hydrogen-bond acceptors (Lipinski definition) is 4. The fourth-order valence-corrected chi connectivity index (χ4v) is 3.48. The Bertz CT molecular complexity index is 548. The first-order valence-corrected chi connectivity index (χ1v) is 8.16. The summed E-state index contributed by atoms with van der Waals surface area (Å²) in [5.74, 6) is -0.705. The van der Waals surface area contributed by atoms with Crippen LogP contribution in [0.1, 0.15) is 23.2 Å². The molecule has 2 atom stereocenters. The van der Waals surface area contributed by atoms with Crippen LogP contribution in [0.2, 0.25) is 0 Å². The monoisotopic (exact) mass is 322 g/mol. The molecule has 0 aromatic heterocycles. The van der Waals surface area contributed by atoms with Gasteiger partial charge in [0.25, 0.3) is 5.91 Å². The fraction of sp³-hybridized carbons (Fsp3) is 0.588.